The van der Waals surface area contributed by atoms with Crippen LogP contribution in [0.5, 0.6) is 0 Å². The molecule has 0 aromatic carbocycles. The van der Waals surface area contributed by atoms with Crippen LogP contribution < -0.4 is 5.32 Å². The first-order valence-corrected chi connectivity index (χ1v) is 7.51. The van der Waals surface area contributed by atoms with Gasteiger partial charge >= 0.3 is 5.97 Å². The number of aromatic nitrogens is 3. The monoisotopic (exact) mass is 295 g/mol. The van der Waals surface area contributed by atoms with Crippen molar-refractivity contribution in [2.24, 2.45) is 0 Å². The molecule has 0 saturated carbocycles. The molecule has 2 heterocycles. The molecule has 1 unspecified atom stereocenters. The van der Waals surface area contributed by atoms with Gasteiger partial charge in [0.2, 0.25) is 0 Å². The Hall–Kier alpha value is -1.47. The fraction of sp³-hybridized carbons (Fsp3) is 0.786. The minimum absolute atomic E-state index is 0.198. The van der Waals surface area contributed by atoms with Crippen LogP contribution in [0.25, 0.3) is 0 Å². The van der Waals surface area contributed by atoms with E-state index in [1.807, 2.05) is 6.92 Å². The van der Waals surface area contributed by atoms with Crippen molar-refractivity contribution in [3.8, 4) is 0 Å². The zero-order valence-electron chi connectivity index (χ0n) is 13.1. The number of fused-ring (bicyclic) bond motifs is 1. The Morgan fingerprint density at radius 1 is 1.52 bits per heavy atom. The summed E-state index contributed by atoms with van der Waals surface area (Å²) in [5.74, 6) is 0.790. The lowest BCUT2D eigenvalue weighted by Gasteiger charge is -2.32. The molecule has 21 heavy (non-hydrogen) atoms. The third kappa shape index (κ3) is 3.79. The molecule has 0 bridgehead atoms. The van der Waals surface area contributed by atoms with E-state index >= 15 is 0 Å². The van der Waals surface area contributed by atoms with Crippen molar-refractivity contribution in [1.82, 2.24) is 25.0 Å². The van der Waals surface area contributed by atoms with E-state index in [0.29, 0.717) is 6.42 Å². The van der Waals surface area contributed by atoms with Crippen LogP contribution in [0, 0.1) is 0 Å². The lowest BCUT2D eigenvalue weighted by Crippen LogP contribution is -2.52. The van der Waals surface area contributed by atoms with Gasteiger partial charge in [-0.3, -0.25) is 9.69 Å². The number of hydrogen-bond acceptors (Lipinski definition) is 6. The number of ether oxygens (including phenoxy) is 1. The SMILES string of the molecule is CCCNC(C)(CCN1CCn2cnnc2C1)C(=O)OC. The second kappa shape index (κ2) is 7.00. The highest BCUT2D eigenvalue weighted by atomic mass is 16.5. The van der Waals surface area contributed by atoms with E-state index in [9.17, 15) is 4.79 Å². The maximum Gasteiger partial charge on any atom is 0.325 e. The molecule has 118 valence electrons. The van der Waals surface area contributed by atoms with Gasteiger partial charge in [0.25, 0.3) is 0 Å². The van der Waals surface area contributed by atoms with E-state index in [1.165, 1.54) is 7.11 Å². The summed E-state index contributed by atoms with van der Waals surface area (Å²) in [7, 11) is 1.44. The fourth-order valence-corrected chi connectivity index (χ4v) is 2.58. The Balaban J connectivity index is 1.91. The maximum absolute atomic E-state index is 12.0. The van der Waals surface area contributed by atoms with Gasteiger partial charge < -0.3 is 14.6 Å². The first-order chi connectivity index (χ1) is 10.1. The minimum atomic E-state index is -0.629. The Labute approximate surface area is 125 Å². The average Bonchev–Trinajstić information content (AvgIpc) is 2.97. The van der Waals surface area contributed by atoms with Crippen LogP contribution in [0.4, 0.5) is 0 Å². The number of rotatable bonds is 7. The number of esters is 1. The number of nitrogens with zero attached hydrogens (tertiary/aromatic N) is 4. The Morgan fingerprint density at radius 2 is 2.33 bits per heavy atom. The number of methoxy groups -OCH3 is 1. The van der Waals surface area contributed by atoms with Crippen LogP contribution in [0.15, 0.2) is 6.33 Å². The molecule has 7 heteroatoms. The summed E-state index contributed by atoms with van der Waals surface area (Å²) in [6.45, 7) is 8.28. The lowest BCUT2D eigenvalue weighted by molar-refractivity contribution is -0.148. The van der Waals surface area contributed by atoms with Crippen LogP contribution in [-0.4, -0.2) is 57.9 Å². The Kier molecular flexibility index (Phi) is 5.30. The summed E-state index contributed by atoms with van der Waals surface area (Å²) in [5, 5.41) is 11.4. The van der Waals surface area contributed by atoms with Crippen LogP contribution in [0.2, 0.25) is 0 Å². The van der Waals surface area contributed by atoms with E-state index in [0.717, 1.165) is 45.0 Å². The highest BCUT2D eigenvalue weighted by Crippen LogP contribution is 2.16. The summed E-state index contributed by atoms with van der Waals surface area (Å²) >= 11 is 0. The summed E-state index contributed by atoms with van der Waals surface area (Å²) in [4.78, 5) is 14.3. The van der Waals surface area contributed by atoms with Gasteiger partial charge in [0.1, 0.15) is 17.7 Å². The quantitative estimate of drug-likeness (QED) is 0.735. The maximum atomic E-state index is 12.0. The van der Waals surface area contributed by atoms with E-state index in [2.05, 4.69) is 31.9 Å². The van der Waals surface area contributed by atoms with E-state index in [4.69, 9.17) is 4.74 Å². The van der Waals surface area contributed by atoms with Gasteiger partial charge in [0.05, 0.1) is 13.7 Å². The van der Waals surface area contributed by atoms with Gasteiger partial charge in [-0.2, -0.15) is 0 Å². The van der Waals surface area contributed by atoms with Crippen LogP contribution in [0.1, 0.15) is 32.5 Å². The third-order valence-electron chi connectivity index (χ3n) is 4.05. The smallest absolute Gasteiger partial charge is 0.325 e. The molecule has 1 aliphatic heterocycles. The Bertz CT molecular complexity index is 476. The molecule has 1 N–H and O–H groups in total. The second-order valence-corrected chi connectivity index (χ2v) is 5.72. The zero-order chi connectivity index (χ0) is 15.3. The predicted octanol–water partition coefficient (Wildman–Crippen LogP) is 0.415. The summed E-state index contributed by atoms with van der Waals surface area (Å²) in [6.07, 6.45) is 3.47. The fourth-order valence-electron chi connectivity index (χ4n) is 2.58. The van der Waals surface area contributed by atoms with Crippen molar-refractivity contribution >= 4 is 5.97 Å². The molecule has 1 aromatic rings. The summed E-state index contributed by atoms with van der Waals surface area (Å²) in [6, 6.07) is 0. The number of hydrogen-bond donors (Lipinski definition) is 1. The summed E-state index contributed by atoms with van der Waals surface area (Å²) < 4.78 is 7.02. The predicted molar refractivity (Wildman–Crippen MR) is 78.6 cm³/mol. The number of carbonyl (C=O) groups excluding carboxylic acids is 1. The van der Waals surface area contributed by atoms with Gasteiger partial charge in [-0.1, -0.05) is 6.92 Å². The first-order valence-electron chi connectivity index (χ1n) is 7.51. The first kappa shape index (κ1) is 15.9. The van der Waals surface area contributed by atoms with Crippen molar-refractivity contribution in [3.63, 3.8) is 0 Å². The van der Waals surface area contributed by atoms with Gasteiger partial charge in [-0.25, -0.2) is 0 Å². The molecule has 0 aliphatic carbocycles. The van der Waals surface area contributed by atoms with E-state index in [1.54, 1.807) is 6.33 Å². The van der Waals surface area contributed by atoms with Crippen LogP contribution in [0.3, 0.4) is 0 Å². The van der Waals surface area contributed by atoms with Crippen LogP contribution in [-0.2, 0) is 22.6 Å². The molecule has 0 spiro atoms. The standard InChI is InChI=1S/C14H25N5O2/c1-4-6-15-14(2,13(20)21-3)5-7-18-8-9-19-11-16-17-12(19)10-18/h11,15H,4-10H2,1-3H3. The van der Waals surface area contributed by atoms with Gasteiger partial charge in [-0.05, 0) is 26.3 Å². The molecule has 0 saturated heterocycles. The van der Waals surface area contributed by atoms with Crippen molar-refractivity contribution < 1.29 is 9.53 Å². The van der Waals surface area contributed by atoms with Crippen LogP contribution >= 0.6 is 0 Å². The zero-order valence-corrected chi connectivity index (χ0v) is 13.1. The van der Waals surface area contributed by atoms with E-state index < -0.39 is 5.54 Å². The molecule has 1 atom stereocenters. The second-order valence-electron chi connectivity index (χ2n) is 5.72. The molecule has 0 radical (unpaired) electrons. The number of nitrogens with one attached hydrogen (secondary N) is 1. The minimum Gasteiger partial charge on any atom is -0.468 e. The summed E-state index contributed by atoms with van der Waals surface area (Å²) in [5.41, 5.74) is -0.629. The highest BCUT2D eigenvalue weighted by molar-refractivity contribution is 5.80. The normalized spacial score (nSPS) is 18.0. The molecule has 7 nitrogen and oxygen atoms in total. The number of carbonyl (C=O) groups is 1. The average molecular weight is 295 g/mol. The van der Waals surface area contributed by atoms with Gasteiger partial charge in [-0.15, -0.1) is 10.2 Å². The highest BCUT2D eigenvalue weighted by Gasteiger charge is 2.34. The topological polar surface area (TPSA) is 72.3 Å². The largest absolute Gasteiger partial charge is 0.468 e. The van der Waals surface area contributed by atoms with Crippen molar-refractivity contribution in [1.29, 1.82) is 0 Å². The molecule has 0 fully saturated rings. The third-order valence-corrected chi connectivity index (χ3v) is 4.05. The Morgan fingerprint density at radius 3 is 3.05 bits per heavy atom. The molecule has 1 aromatic heterocycles. The molecule has 0 amide bonds. The van der Waals surface area contributed by atoms with Crippen molar-refractivity contribution in [3.05, 3.63) is 12.2 Å². The molecule has 1 aliphatic rings. The van der Waals surface area contributed by atoms with Crippen molar-refractivity contribution in [2.75, 3.05) is 26.7 Å². The van der Waals surface area contributed by atoms with E-state index in [-0.39, 0.29) is 5.97 Å². The molecular formula is C14H25N5O2. The van der Waals surface area contributed by atoms with Gasteiger partial charge in [0.15, 0.2) is 0 Å². The molecular weight excluding hydrogens is 270 g/mol. The molecule has 2 rings (SSSR count). The van der Waals surface area contributed by atoms with Gasteiger partial charge in [0, 0.05) is 19.6 Å². The lowest BCUT2D eigenvalue weighted by atomic mass is 9.97. The van der Waals surface area contributed by atoms with Crippen molar-refractivity contribution in [2.45, 2.75) is 45.3 Å².